The molecular weight excluding hydrogens is 497 g/mol. The van der Waals surface area contributed by atoms with E-state index in [1.807, 2.05) is 6.07 Å². The van der Waals surface area contributed by atoms with Crippen LogP contribution in [0.3, 0.4) is 0 Å². The van der Waals surface area contributed by atoms with Crippen LogP contribution in [-0.2, 0) is 30.8 Å². The Bertz CT molecular complexity index is 1400. The number of anilines is 1. The molecule has 0 radical (unpaired) electrons. The molecule has 11 heteroatoms. The number of carbonyl (C=O) groups is 2. The number of carbonyl (C=O) groups excluding carboxylic acids is 2. The van der Waals surface area contributed by atoms with Crippen LogP contribution in [0.25, 0.3) is 0 Å². The number of hydrogen-bond acceptors (Lipinski definition) is 5. The Morgan fingerprint density at radius 3 is 2.42 bits per heavy atom. The van der Waals surface area contributed by atoms with Gasteiger partial charge >= 0.3 is 5.97 Å². The summed E-state index contributed by atoms with van der Waals surface area (Å²) in [5.74, 6) is -3.98. The predicted octanol–water partition coefficient (Wildman–Crippen LogP) is 3.96. The van der Waals surface area contributed by atoms with Crippen molar-refractivity contribution in [3.05, 3.63) is 95.3 Å². The van der Waals surface area contributed by atoms with Gasteiger partial charge in [-0.3, -0.25) is 9.59 Å². The Labute approximate surface area is 205 Å². The van der Waals surface area contributed by atoms with Crippen molar-refractivity contribution in [2.24, 2.45) is 0 Å². The van der Waals surface area contributed by atoms with E-state index < -0.39 is 64.1 Å². The van der Waals surface area contributed by atoms with Crippen LogP contribution in [0, 0.1) is 17.5 Å². The third-order valence-electron chi connectivity index (χ3n) is 5.71. The van der Waals surface area contributed by atoms with E-state index in [2.05, 4.69) is 5.32 Å². The normalized spacial score (nSPS) is 15.7. The van der Waals surface area contributed by atoms with Crippen LogP contribution in [0.4, 0.5) is 18.9 Å². The number of halogens is 3. The van der Waals surface area contributed by atoms with E-state index in [1.165, 1.54) is 0 Å². The number of amides is 1. The van der Waals surface area contributed by atoms with E-state index in [0.717, 1.165) is 52.3 Å². The largest absolute Gasteiger partial charge is 0.456 e. The van der Waals surface area contributed by atoms with Gasteiger partial charge in [-0.15, -0.1) is 0 Å². The smallest absolute Gasteiger partial charge is 0.308 e. The molecule has 0 saturated heterocycles. The molecule has 0 bridgehead atoms. The molecule has 1 heterocycles. The second-order valence-electron chi connectivity index (χ2n) is 8.07. The van der Waals surface area contributed by atoms with Gasteiger partial charge < -0.3 is 10.1 Å². The molecule has 3 aromatic rings. The highest BCUT2D eigenvalue weighted by atomic mass is 32.2. The first-order valence-corrected chi connectivity index (χ1v) is 12.3. The molecule has 0 aromatic heterocycles. The molecule has 3 aromatic carbocycles. The average Bonchev–Trinajstić information content (AvgIpc) is 2.85. The lowest BCUT2D eigenvalue weighted by Crippen LogP contribution is -2.41. The maximum Gasteiger partial charge on any atom is 0.308 e. The van der Waals surface area contributed by atoms with E-state index in [1.54, 1.807) is 18.2 Å². The summed E-state index contributed by atoms with van der Waals surface area (Å²) in [5.41, 5.74) is 1.06. The van der Waals surface area contributed by atoms with Crippen LogP contribution in [0.15, 0.2) is 71.6 Å². The van der Waals surface area contributed by atoms with Gasteiger partial charge in [0.15, 0.2) is 6.61 Å². The lowest BCUT2D eigenvalue weighted by atomic mass is 9.92. The lowest BCUT2D eigenvalue weighted by molar-refractivity contribution is -0.148. The Morgan fingerprint density at radius 2 is 1.67 bits per heavy atom. The van der Waals surface area contributed by atoms with Gasteiger partial charge in [-0.2, -0.15) is 4.31 Å². The Kier molecular flexibility index (Phi) is 7.41. The topological polar surface area (TPSA) is 92.8 Å². The number of sulfonamides is 1. The minimum Gasteiger partial charge on any atom is -0.456 e. The van der Waals surface area contributed by atoms with Crippen LogP contribution in [0.1, 0.15) is 23.6 Å². The molecule has 4 rings (SSSR count). The van der Waals surface area contributed by atoms with Crippen molar-refractivity contribution < 1.29 is 35.9 Å². The fraction of sp³-hybridized carbons (Fsp3) is 0.200. The lowest BCUT2D eigenvalue weighted by Gasteiger charge is -2.36. The summed E-state index contributed by atoms with van der Waals surface area (Å²) in [6.07, 6.45) is 0.00277. The predicted molar refractivity (Wildman–Crippen MR) is 124 cm³/mol. The standard InChI is InChI=1S/C25H21F3N2O5S/c26-17-5-8-19(9-6-17)36(33,34)30-12-11-16-3-1-2-4-20(16)23(30)14-25(32)35-15-24(31)29-22-13-18(27)7-10-21(22)28/h1-10,13,23H,11-12,14-15H2,(H,29,31). The Hall–Kier alpha value is -3.70. The molecule has 0 aliphatic carbocycles. The van der Waals surface area contributed by atoms with Crippen molar-refractivity contribution in [3.63, 3.8) is 0 Å². The monoisotopic (exact) mass is 518 g/mol. The molecule has 1 aliphatic rings. The van der Waals surface area contributed by atoms with Crippen LogP contribution in [0.5, 0.6) is 0 Å². The molecule has 7 nitrogen and oxygen atoms in total. The maximum atomic E-state index is 13.7. The number of hydrogen-bond donors (Lipinski definition) is 1. The molecule has 1 aliphatic heterocycles. The Morgan fingerprint density at radius 1 is 0.972 bits per heavy atom. The van der Waals surface area contributed by atoms with Crippen LogP contribution in [-0.4, -0.2) is 37.8 Å². The van der Waals surface area contributed by atoms with E-state index in [0.29, 0.717) is 12.0 Å². The number of benzene rings is 3. The van der Waals surface area contributed by atoms with Crippen molar-refractivity contribution in [1.29, 1.82) is 0 Å². The van der Waals surface area contributed by atoms with E-state index in [9.17, 15) is 31.2 Å². The molecule has 188 valence electrons. The quantitative estimate of drug-likeness (QED) is 0.478. The minimum atomic E-state index is -4.09. The van der Waals surface area contributed by atoms with Crippen molar-refractivity contribution in [2.45, 2.75) is 23.8 Å². The minimum absolute atomic E-state index is 0.0774. The summed E-state index contributed by atoms with van der Waals surface area (Å²) in [4.78, 5) is 24.6. The molecule has 1 amide bonds. The van der Waals surface area contributed by atoms with Gasteiger partial charge in [0.2, 0.25) is 10.0 Å². The number of nitrogens with one attached hydrogen (secondary N) is 1. The molecule has 0 fully saturated rings. The summed E-state index contributed by atoms with van der Waals surface area (Å²) in [7, 11) is -4.09. The van der Waals surface area contributed by atoms with Crippen LogP contribution in [0.2, 0.25) is 0 Å². The summed E-state index contributed by atoms with van der Waals surface area (Å²) in [6.45, 7) is -0.706. The van der Waals surface area contributed by atoms with Crippen molar-refractivity contribution in [1.82, 2.24) is 4.31 Å². The molecule has 1 unspecified atom stereocenters. The number of rotatable bonds is 7. The van der Waals surface area contributed by atoms with Gasteiger partial charge in [-0.05, 0) is 53.9 Å². The maximum absolute atomic E-state index is 13.7. The van der Waals surface area contributed by atoms with Crippen molar-refractivity contribution in [2.75, 3.05) is 18.5 Å². The van der Waals surface area contributed by atoms with Crippen LogP contribution >= 0.6 is 0 Å². The first-order chi connectivity index (χ1) is 17.1. The van der Waals surface area contributed by atoms with Crippen LogP contribution < -0.4 is 5.32 Å². The highest BCUT2D eigenvalue weighted by molar-refractivity contribution is 7.89. The van der Waals surface area contributed by atoms with Gasteiger partial charge in [0.25, 0.3) is 5.91 Å². The fourth-order valence-electron chi connectivity index (χ4n) is 4.01. The Balaban J connectivity index is 1.50. The van der Waals surface area contributed by atoms with Gasteiger partial charge in [0.05, 0.1) is 23.0 Å². The SMILES string of the molecule is O=C(COC(=O)CC1c2ccccc2CCN1S(=O)(=O)c1ccc(F)cc1)Nc1cc(F)ccc1F. The fourth-order valence-corrected chi connectivity index (χ4v) is 5.62. The van der Waals surface area contributed by atoms with Gasteiger partial charge in [-0.1, -0.05) is 24.3 Å². The van der Waals surface area contributed by atoms with E-state index >= 15 is 0 Å². The van der Waals surface area contributed by atoms with Gasteiger partial charge in [-0.25, -0.2) is 21.6 Å². The van der Waals surface area contributed by atoms with Crippen molar-refractivity contribution in [3.8, 4) is 0 Å². The zero-order valence-electron chi connectivity index (χ0n) is 18.8. The second-order valence-corrected chi connectivity index (χ2v) is 9.96. The molecular formula is C25H21F3N2O5S. The zero-order chi connectivity index (χ0) is 25.9. The molecule has 0 saturated carbocycles. The molecule has 1 atom stereocenters. The molecule has 0 spiro atoms. The highest BCUT2D eigenvalue weighted by Crippen LogP contribution is 2.36. The second kappa shape index (κ2) is 10.5. The highest BCUT2D eigenvalue weighted by Gasteiger charge is 2.38. The number of ether oxygens (including phenoxy) is 1. The van der Waals surface area contributed by atoms with Gasteiger partial charge in [0, 0.05) is 12.6 Å². The zero-order valence-corrected chi connectivity index (χ0v) is 19.6. The third kappa shape index (κ3) is 5.58. The summed E-state index contributed by atoms with van der Waals surface area (Å²) < 4.78 is 73.2. The first kappa shape index (κ1) is 25.4. The summed E-state index contributed by atoms with van der Waals surface area (Å²) >= 11 is 0. The number of esters is 1. The third-order valence-corrected chi connectivity index (χ3v) is 7.63. The number of fused-ring (bicyclic) bond motifs is 1. The molecule has 36 heavy (non-hydrogen) atoms. The number of nitrogens with zero attached hydrogens (tertiary/aromatic N) is 1. The summed E-state index contributed by atoms with van der Waals surface area (Å²) in [5, 5.41) is 2.12. The summed E-state index contributed by atoms with van der Waals surface area (Å²) in [6, 6.07) is 13.0. The van der Waals surface area contributed by atoms with E-state index in [-0.39, 0.29) is 11.4 Å². The van der Waals surface area contributed by atoms with Crippen molar-refractivity contribution >= 4 is 27.6 Å². The molecule has 1 N–H and O–H groups in total. The van der Waals surface area contributed by atoms with Gasteiger partial charge in [0.1, 0.15) is 17.5 Å². The van der Waals surface area contributed by atoms with E-state index in [4.69, 9.17) is 4.74 Å². The average molecular weight is 519 g/mol. The first-order valence-electron chi connectivity index (χ1n) is 10.9.